The summed E-state index contributed by atoms with van der Waals surface area (Å²) in [6.07, 6.45) is 2.47. The molecule has 0 bridgehead atoms. The molecule has 2 aliphatic heterocycles. The van der Waals surface area contributed by atoms with Crippen molar-refractivity contribution in [3.8, 4) is 0 Å². The average Bonchev–Trinajstić information content (AvgIpc) is 2.82. The van der Waals surface area contributed by atoms with E-state index < -0.39 is 0 Å². The van der Waals surface area contributed by atoms with Crippen LogP contribution in [0, 0.1) is 0 Å². The first kappa shape index (κ1) is 14.6. The van der Waals surface area contributed by atoms with Crippen LogP contribution in [-0.2, 0) is 9.47 Å². The Hall–Kier alpha value is -0.810. The summed E-state index contributed by atoms with van der Waals surface area (Å²) in [4.78, 5) is 14.4. The molecule has 0 aromatic carbocycles. The summed E-state index contributed by atoms with van der Waals surface area (Å²) in [5.41, 5.74) is -0.209. The second-order valence-corrected chi connectivity index (χ2v) is 6.38. The predicted molar refractivity (Wildman–Crippen MR) is 73.2 cm³/mol. The van der Waals surface area contributed by atoms with Crippen LogP contribution in [0.25, 0.3) is 0 Å². The normalized spacial score (nSPS) is 25.3. The lowest BCUT2D eigenvalue weighted by molar-refractivity contribution is -0.0250. The van der Waals surface area contributed by atoms with Crippen molar-refractivity contribution < 1.29 is 14.3 Å². The molecule has 110 valence electrons. The predicted octanol–water partition coefficient (Wildman–Crippen LogP) is 1.76. The van der Waals surface area contributed by atoms with E-state index in [0.717, 1.165) is 32.4 Å². The molecule has 0 unspecified atom stereocenters. The highest BCUT2D eigenvalue weighted by Gasteiger charge is 2.36. The molecule has 2 saturated heterocycles. The second kappa shape index (κ2) is 6.09. The molecule has 19 heavy (non-hydrogen) atoms. The van der Waals surface area contributed by atoms with E-state index in [1.54, 1.807) is 0 Å². The van der Waals surface area contributed by atoms with Gasteiger partial charge in [-0.25, -0.2) is 4.79 Å². The molecule has 1 N–H and O–H groups in total. The number of rotatable bonds is 2. The average molecular weight is 270 g/mol. The number of carbonyl (C=O) groups is 1. The van der Waals surface area contributed by atoms with Crippen molar-refractivity contribution >= 4 is 6.09 Å². The fourth-order valence-corrected chi connectivity index (χ4v) is 2.82. The maximum atomic E-state index is 12.5. The third kappa shape index (κ3) is 3.83. The Morgan fingerprint density at radius 3 is 2.47 bits per heavy atom. The molecule has 0 saturated carbocycles. The standard InChI is InChI=1S/C14H26N2O3/c1-14(2,3)16(11-4-7-15-10-11)13(17)19-12-5-8-18-9-6-12/h11-12,15H,4-10H2,1-3H3/t11-/m1/s1. The highest BCUT2D eigenvalue weighted by Crippen LogP contribution is 2.23. The van der Waals surface area contributed by atoms with Gasteiger partial charge in [-0.1, -0.05) is 0 Å². The highest BCUT2D eigenvalue weighted by molar-refractivity contribution is 5.69. The van der Waals surface area contributed by atoms with Crippen molar-refractivity contribution in [2.45, 2.75) is 57.7 Å². The van der Waals surface area contributed by atoms with E-state index >= 15 is 0 Å². The molecule has 0 radical (unpaired) electrons. The zero-order valence-corrected chi connectivity index (χ0v) is 12.3. The molecule has 0 aliphatic carbocycles. The fraction of sp³-hybridized carbons (Fsp3) is 0.929. The minimum absolute atomic E-state index is 0.0143. The molecular formula is C14H26N2O3. The first-order valence-electron chi connectivity index (χ1n) is 7.27. The van der Waals surface area contributed by atoms with Crippen molar-refractivity contribution in [2.24, 2.45) is 0 Å². The Morgan fingerprint density at radius 1 is 1.26 bits per heavy atom. The zero-order valence-electron chi connectivity index (χ0n) is 12.3. The molecule has 1 amide bonds. The Balaban J connectivity index is 1.98. The van der Waals surface area contributed by atoms with Gasteiger partial charge in [-0.3, -0.25) is 4.90 Å². The van der Waals surface area contributed by atoms with Crippen LogP contribution in [0.2, 0.25) is 0 Å². The van der Waals surface area contributed by atoms with Crippen molar-refractivity contribution in [3.63, 3.8) is 0 Å². The van der Waals surface area contributed by atoms with Crippen LogP contribution in [0.3, 0.4) is 0 Å². The van der Waals surface area contributed by atoms with Gasteiger partial charge < -0.3 is 14.8 Å². The summed E-state index contributed by atoms with van der Waals surface area (Å²) >= 11 is 0. The topological polar surface area (TPSA) is 50.8 Å². The van der Waals surface area contributed by atoms with E-state index in [4.69, 9.17) is 9.47 Å². The molecule has 0 aromatic rings. The lowest BCUT2D eigenvalue weighted by Gasteiger charge is -2.40. The molecule has 0 spiro atoms. The smallest absolute Gasteiger partial charge is 0.410 e. The Bertz CT molecular complexity index is 302. The second-order valence-electron chi connectivity index (χ2n) is 6.38. The quantitative estimate of drug-likeness (QED) is 0.831. The molecule has 2 rings (SSSR count). The van der Waals surface area contributed by atoms with Crippen molar-refractivity contribution in [1.29, 1.82) is 0 Å². The fourth-order valence-electron chi connectivity index (χ4n) is 2.82. The molecule has 2 heterocycles. The van der Waals surface area contributed by atoms with Gasteiger partial charge in [0, 0.05) is 31.0 Å². The summed E-state index contributed by atoms with van der Waals surface area (Å²) in [7, 11) is 0. The number of nitrogens with zero attached hydrogens (tertiary/aromatic N) is 1. The number of nitrogens with one attached hydrogen (secondary N) is 1. The summed E-state index contributed by atoms with van der Waals surface area (Å²) < 4.78 is 11.0. The van der Waals surface area contributed by atoms with E-state index in [0.29, 0.717) is 13.2 Å². The SMILES string of the molecule is CC(C)(C)N(C(=O)OC1CCOCC1)[C@@H]1CCNC1. The number of carbonyl (C=O) groups excluding carboxylic acids is 1. The van der Waals surface area contributed by atoms with Gasteiger partial charge in [0.15, 0.2) is 0 Å². The van der Waals surface area contributed by atoms with E-state index in [2.05, 4.69) is 26.1 Å². The summed E-state index contributed by atoms with van der Waals surface area (Å²) in [5, 5.41) is 3.31. The Labute approximate surface area is 115 Å². The Kier molecular flexibility index (Phi) is 4.68. The number of hydrogen-bond donors (Lipinski definition) is 1. The minimum Gasteiger partial charge on any atom is -0.446 e. The minimum atomic E-state index is -0.209. The lowest BCUT2D eigenvalue weighted by Crippen LogP contribution is -2.53. The third-order valence-corrected chi connectivity index (χ3v) is 3.75. The summed E-state index contributed by atoms with van der Waals surface area (Å²) in [6, 6.07) is 0.243. The van der Waals surface area contributed by atoms with Gasteiger partial charge in [-0.2, -0.15) is 0 Å². The number of ether oxygens (including phenoxy) is 2. The molecule has 0 aromatic heterocycles. The molecule has 2 fully saturated rings. The molecule has 5 heteroatoms. The third-order valence-electron chi connectivity index (χ3n) is 3.75. The van der Waals surface area contributed by atoms with Gasteiger partial charge in [0.25, 0.3) is 0 Å². The maximum Gasteiger partial charge on any atom is 0.410 e. The molecular weight excluding hydrogens is 244 g/mol. The van der Waals surface area contributed by atoms with Gasteiger partial charge in [-0.05, 0) is 33.7 Å². The van der Waals surface area contributed by atoms with Crippen LogP contribution in [0.1, 0.15) is 40.0 Å². The lowest BCUT2D eigenvalue weighted by atomic mass is 10.0. The van der Waals surface area contributed by atoms with Crippen LogP contribution in [-0.4, -0.2) is 55.0 Å². The van der Waals surface area contributed by atoms with Crippen LogP contribution < -0.4 is 5.32 Å². The maximum absolute atomic E-state index is 12.5. The molecule has 1 atom stereocenters. The van der Waals surface area contributed by atoms with Crippen molar-refractivity contribution in [2.75, 3.05) is 26.3 Å². The van der Waals surface area contributed by atoms with Gasteiger partial charge in [0.1, 0.15) is 6.10 Å². The molecule has 2 aliphatic rings. The van der Waals surface area contributed by atoms with Crippen molar-refractivity contribution in [1.82, 2.24) is 10.2 Å². The van der Waals surface area contributed by atoms with E-state index in [1.807, 2.05) is 4.90 Å². The van der Waals surface area contributed by atoms with Crippen molar-refractivity contribution in [3.05, 3.63) is 0 Å². The van der Waals surface area contributed by atoms with Gasteiger partial charge >= 0.3 is 6.09 Å². The van der Waals surface area contributed by atoms with Gasteiger partial charge in [0.05, 0.1) is 13.2 Å². The van der Waals surface area contributed by atoms with Crippen LogP contribution in [0.4, 0.5) is 4.79 Å². The largest absolute Gasteiger partial charge is 0.446 e. The van der Waals surface area contributed by atoms with Crippen LogP contribution in [0.5, 0.6) is 0 Å². The molecule has 5 nitrogen and oxygen atoms in total. The van der Waals surface area contributed by atoms with E-state index in [1.165, 1.54) is 0 Å². The van der Waals surface area contributed by atoms with E-state index in [9.17, 15) is 4.79 Å². The first-order valence-corrected chi connectivity index (χ1v) is 7.27. The van der Waals surface area contributed by atoms with Crippen LogP contribution in [0.15, 0.2) is 0 Å². The monoisotopic (exact) mass is 270 g/mol. The van der Waals surface area contributed by atoms with Gasteiger partial charge in [-0.15, -0.1) is 0 Å². The first-order chi connectivity index (χ1) is 8.98. The highest BCUT2D eigenvalue weighted by atomic mass is 16.6. The number of amides is 1. The Morgan fingerprint density at radius 2 is 1.95 bits per heavy atom. The zero-order chi connectivity index (χ0) is 13.9. The van der Waals surface area contributed by atoms with E-state index in [-0.39, 0.29) is 23.8 Å². The number of hydrogen-bond acceptors (Lipinski definition) is 4. The van der Waals surface area contributed by atoms with Crippen LogP contribution >= 0.6 is 0 Å². The summed E-state index contributed by atoms with van der Waals surface area (Å²) in [5.74, 6) is 0. The van der Waals surface area contributed by atoms with Gasteiger partial charge in [0.2, 0.25) is 0 Å². The summed E-state index contributed by atoms with van der Waals surface area (Å²) in [6.45, 7) is 9.42.